The monoisotopic (exact) mass is 718 g/mol. The molecule has 0 saturated carbocycles. The van der Waals surface area contributed by atoms with E-state index in [-0.39, 0.29) is 31.9 Å². The summed E-state index contributed by atoms with van der Waals surface area (Å²) in [4.78, 5) is 61.5. The zero-order valence-electron chi connectivity index (χ0n) is 29.8. The maximum absolute atomic E-state index is 14.2. The Morgan fingerprint density at radius 2 is 1.40 bits per heavy atom. The molecular weight excluding hydrogens is 672 g/mol. The van der Waals surface area contributed by atoms with Gasteiger partial charge in [-0.15, -0.1) is 0 Å². The Kier molecular flexibility index (Phi) is 13.7. The molecule has 4 amide bonds. The van der Waals surface area contributed by atoms with Crippen LogP contribution >= 0.6 is 0 Å². The number of imidazole rings is 1. The van der Waals surface area contributed by atoms with E-state index in [0.29, 0.717) is 12.1 Å². The number of hydrogen-bond donors (Lipinski definition) is 6. The van der Waals surface area contributed by atoms with Crippen molar-refractivity contribution in [1.29, 1.82) is 0 Å². The van der Waals surface area contributed by atoms with Crippen molar-refractivity contribution in [3.05, 3.63) is 138 Å². The van der Waals surface area contributed by atoms with Crippen molar-refractivity contribution in [2.45, 2.75) is 70.5 Å². The van der Waals surface area contributed by atoms with Crippen molar-refractivity contribution >= 4 is 34.6 Å². The molecule has 0 aliphatic heterocycles. The number of H-pyrrole nitrogens is 1. The summed E-state index contributed by atoms with van der Waals surface area (Å²) in [6.07, 6.45) is 1.29. The minimum atomic E-state index is -1.57. The van der Waals surface area contributed by atoms with E-state index in [9.17, 15) is 24.3 Å². The number of nitrogens with zero attached hydrogens (tertiary/aromatic N) is 1. The number of rotatable bonds is 17. The SMILES string of the molecule is CCC(C)[C@H](NC(=O)[C@@H](Cc1cnc[nH]1)NC(=O)[C@H](Cc1cccc2ccccc12)NC(=O)OCc1ccccc1)[C@H](O)C(=O)NCc1ccccc1. The fraction of sp³-hybridized carbons (Fsp3) is 0.293. The number of aromatic amines is 1. The molecule has 5 rings (SSSR count). The van der Waals surface area contributed by atoms with Gasteiger partial charge in [0.1, 0.15) is 18.7 Å². The van der Waals surface area contributed by atoms with E-state index in [4.69, 9.17) is 4.74 Å². The third-order valence-corrected chi connectivity index (χ3v) is 9.22. The molecule has 0 radical (unpaired) electrons. The molecule has 12 nitrogen and oxygen atoms in total. The molecule has 4 aromatic carbocycles. The van der Waals surface area contributed by atoms with E-state index in [1.54, 1.807) is 0 Å². The first-order chi connectivity index (χ1) is 25.7. The largest absolute Gasteiger partial charge is 0.445 e. The highest BCUT2D eigenvalue weighted by molar-refractivity contribution is 5.93. The predicted octanol–water partition coefficient (Wildman–Crippen LogP) is 4.34. The Bertz CT molecular complexity index is 1930. The summed E-state index contributed by atoms with van der Waals surface area (Å²) in [7, 11) is 0. The van der Waals surface area contributed by atoms with Crippen LogP contribution in [-0.2, 0) is 45.1 Å². The van der Waals surface area contributed by atoms with Crippen molar-refractivity contribution < 1.29 is 29.0 Å². The first-order valence-corrected chi connectivity index (χ1v) is 17.7. The topological polar surface area (TPSA) is 175 Å². The zero-order chi connectivity index (χ0) is 37.6. The summed E-state index contributed by atoms with van der Waals surface area (Å²) in [6, 6.07) is 28.6. The number of alkyl carbamates (subject to hydrolysis) is 1. The standard InChI is InChI=1S/C41H46N6O6/c1-3-27(2)36(37(48)40(51)43-23-28-13-6-4-7-14-28)47-39(50)35(22-32-24-42-26-44-32)45-38(49)34(46-41(52)53-25-29-15-8-5-9-16-29)21-31-19-12-18-30-17-10-11-20-33(30)31/h4-20,24,26-27,34-37,48H,3,21-23,25H2,1-2H3,(H,42,44)(H,43,51)(H,45,49)(H,46,52)(H,47,50)/t27?,34-,35+,36-,37-/m0/s1. The van der Waals surface area contributed by atoms with Crippen LogP contribution in [0.25, 0.3) is 10.8 Å². The second-order valence-corrected chi connectivity index (χ2v) is 13.0. The second-order valence-electron chi connectivity index (χ2n) is 13.0. The number of fused-ring (bicyclic) bond motifs is 1. The van der Waals surface area contributed by atoms with Gasteiger partial charge in [0.2, 0.25) is 11.8 Å². The lowest BCUT2D eigenvalue weighted by Gasteiger charge is -2.30. The summed E-state index contributed by atoms with van der Waals surface area (Å²) in [5.41, 5.74) is 3.01. The number of aliphatic hydroxyl groups excluding tert-OH is 1. The van der Waals surface area contributed by atoms with Gasteiger partial charge in [0, 0.05) is 31.3 Å². The van der Waals surface area contributed by atoms with Crippen LogP contribution in [0.15, 0.2) is 116 Å². The van der Waals surface area contributed by atoms with E-state index in [1.807, 2.05) is 117 Å². The Morgan fingerprint density at radius 1 is 0.755 bits per heavy atom. The molecule has 5 atom stereocenters. The van der Waals surface area contributed by atoms with Crippen molar-refractivity contribution in [3.8, 4) is 0 Å². The van der Waals surface area contributed by atoms with E-state index >= 15 is 0 Å². The maximum atomic E-state index is 14.2. The molecule has 6 N–H and O–H groups in total. The molecular formula is C41H46N6O6. The van der Waals surface area contributed by atoms with Crippen LogP contribution in [-0.4, -0.2) is 63.1 Å². The maximum Gasteiger partial charge on any atom is 0.408 e. The van der Waals surface area contributed by atoms with Crippen molar-refractivity contribution in [2.75, 3.05) is 0 Å². The number of hydrogen-bond acceptors (Lipinski definition) is 7. The number of amides is 4. The minimum Gasteiger partial charge on any atom is -0.445 e. The molecule has 0 bridgehead atoms. The van der Waals surface area contributed by atoms with Crippen LogP contribution < -0.4 is 21.3 Å². The van der Waals surface area contributed by atoms with Crippen LogP contribution in [0.4, 0.5) is 4.79 Å². The highest BCUT2D eigenvalue weighted by Gasteiger charge is 2.35. The second kappa shape index (κ2) is 19.0. The van der Waals surface area contributed by atoms with Gasteiger partial charge in [-0.25, -0.2) is 9.78 Å². The average Bonchev–Trinajstić information content (AvgIpc) is 3.71. The molecule has 0 fully saturated rings. The van der Waals surface area contributed by atoms with Gasteiger partial charge >= 0.3 is 6.09 Å². The average molecular weight is 719 g/mol. The quantitative estimate of drug-likeness (QED) is 0.0830. The van der Waals surface area contributed by atoms with E-state index < -0.39 is 48.0 Å². The lowest BCUT2D eigenvalue weighted by Crippen LogP contribution is -2.59. The molecule has 53 heavy (non-hydrogen) atoms. The van der Waals surface area contributed by atoms with Gasteiger partial charge in [-0.3, -0.25) is 14.4 Å². The highest BCUT2D eigenvalue weighted by Crippen LogP contribution is 2.20. The lowest BCUT2D eigenvalue weighted by atomic mass is 9.93. The van der Waals surface area contributed by atoms with Gasteiger partial charge in [-0.1, -0.05) is 123 Å². The van der Waals surface area contributed by atoms with Gasteiger partial charge in [0.15, 0.2) is 6.10 Å². The number of carbonyl (C=O) groups is 4. The van der Waals surface area contributed by atoms with E-state index in [0.717, 1.165) is 27.5 Å². The Balaban J connectivity index is 1.35. The molecule has 0 spiro atoms. The number of ether oxygens (including phenoxy) is 1. The third-order valence-electron chi connectivity index (χ3n) is 9.22. The molecule has 276 valence electrons. The molecule has 12 heteroatoms. The minimum absolute atomic E-state index is 0.00160. The van der Waals surface area contributed by atoms with Crippen molar-refractivity contribution in [1.82, 2.24) is 31.2 Å². The van der Waals surface area contributed by atoms with E-state index in [2.05, 4.69) is 31.2 Å². The van der Waals surface area contributed by atoms with Crippen LogP contribution in [0, 0.1) is 5.92 Å². The third kappa shape index (κ3) is 11.0. The molecule has 0 saturated heterocycles. The first kappa shape index (κ1) is 38.2. The predicted molar refractivity (Wildman–Crippen MR) is 201 cm³/mol. The Labute approximate surface area is 308 Å². The summed E-state index contributed by atoms with van der Waals surface area (Å²) in [5.74, 6) is -2.19. The first-order valence-electron chi connectivity index (χ1n) is 17.7. The fourth-order valence-electron chi connectivity index (χ4n) is 6.01. The van der Waals surface area contributed by atoms with Crippen LogP contribution in [0.3, 0.4) is 0 Å². The zero-order valence-corrected chi connectivity index (χ0v) is 29.8. The smallest absolute Gasteiger partial charge is 0.408 e. The van der Waals surface area contributed by atoms with Gasteiger partial charge in [0.25, 0.3) is 5.91 Å². The molecule has 0 aliphatic carbocycles. The number of carbonyl (C=O) groups excluding carboxylic acids is 4. The fourth-order valence-corrected chi connectivity index (χ4v) is 6.01. The van der Waals surface area contributed by atoms with Crippen LogP contribution in [0.5, 0.6) is 0 Å². The number of aliphatic hydroxyl groups is 1. The van der Waals surface area contributed by atoms with Crippen LogP contribution in [0.1, 0.15) is 42.7 Å². The molecule has 0 aliphatic rings. The van der Waals surface area contributed by atoms with Gasteiger partial charge < -0.3 is 36.1 Å². The number of aromatic nitrogens is 2. The van der Waals surface area contributed by atoms with Crippen molar-refractivity contribution in [3.63, 3.8) is 0 Å². The normalized spacial score (nSPS) is 13.9. The molecule has 1 aromatic heterocycles. The Hall–Kier alpha value is -6.01. The number of benzene rings is 4. The summed E-state index contributed by atoms with van der Waals surface area (Å²) >= 11 is 0. The summed E-state index contributed by atoms with van der Waals surface area (Å²) in [6.45, 7) is 3.92. The van der Waals surface area contributed by atoms with Crippen molar-refractivity contribution in [2.24, 2.45) is 5.92 Å². The van der Waals surface area contributed by atoms with Gasteiger partial charge in [0.05, 0.1) is 12.4 Å². The molecule has 1 unspecified atom stereocenters. The highest BCUT2D eigenvalue weighted by atomic mass is 16.5. The van der Waals surface area contributed by atoms with Crippen LogP contribution in [0.2, 0.25) is 0 Å². The molecule has 1 heterocycles. The Morgan fingerprint density at radius 3 is 2.09 bits per heavy atom. The summed E-state index contributed by atoms with van der Waals surface area (Å²) < 4.78 is 5.47. The lowest BCUT2D eigenvalue weighted by molar-refractivity contribution is -0.135. The molecule has 5 aromatic rings. The van der Waals surface area contributed by atoms with Gasteiger partial charge in [-0.05, 0) is 33.4 Å². The van der Waals surface area contributed by atoms with Gasteiger partial charge in [-0.2, -0.15) is 0 Å². The number of nitrogens with one attached hydrogen (secondary N) is 5. The summed E-state index contributed by atoms with van der Waals surface area (Å²) in [5, 5.41) is 24.2. The van der Waals surface area contributed by atoms with E-state index in [1.165, 1.54) is 12.5 Å².